The molecule has 0 aliphatic carbocycles. The van der Waals surface area contributed by atoms with Crippen molar-refractivity contribution in [3.05, 3.63) is 88.9 Å². The lowest BCUT2D eigenvalue weighted by atomic mass is 9.87. The van der Waals surface area contributed by atoms with E-state index in [-0.39, 0.29) is 23.8 Å². The minimum atomic E-state index is -0.358. The van der Waals surface area contributed by atoms with Crippen molar-refractivity contribution in [1.29, 1.82) is 0 Å². The standard InChI is InChI=1S/C27H27ClN2O4/c1-33-22-13-14-23(25(16-22)34-2)29-26(31)20-10-15-24(18-6-4-3-5-7-18)30(17-20)27(32)19-8-11-21(28)12-9-19/h3-9,11-14,16,20,24H,10,15,17H2,1-2H3,(H,29,31)/t20-,24+/m1/s1. The number of likely N-dealkylation sites (tertiary alicyclic amines) is 1. The van der Waals surface area contributed by atoms with Gasteiger partial charge in [0.25, 0.3) is 5.91 Å². The summed E-state index contributed by atoms with van der Waals surface area (Å²) in [5.74, 6) is 0.523. The highest BCUT2D eigenvalue weighted by Crippen LogP contribution is 2.36. The van der Waals surface area contributed by atoms with Gasteiger partial charge < -0.3 is 19.7 Å². The monoisotopic (exact) mass is 478 g/mol. The number of hydrogen-bond donors (Lipinski definition) is 1. The van der Waals surface area contributed by atoms with Crippen LogP contribution in [-0.2, 0) is 4.79 Å². The van der Waals surface area contributed by atoms with E-state index < -0.39 is 0 Å². The molecule has 4 rings (SSSR count). The zero-order chi connectivity index (χ0) is 24.1. The van der Waals surface area contributed by atoms with E-state index in [9.17, 15) is 9.59 Å². The van der Waals surface area contributed by atoms with Crippen LogP contribution in [0, 0.1) is 5.92 Å². The number of hydrogen-bond acceptors (Lipinski definition) is 4. The summed E-state index contributed by atoms with van der Waals surface area (Å²) in [6.07, 6.45) is 1.34. The number of rotatable bonds is 6. The molecule has 0 aromatic heterocycles. The Morgan fingerprint density at radius 3 is 2.35 bits per heavy atom. The van der Waals surface area contributed by atoms with E-state index in [1.807, 2.05) is 30.3 Å². The summed E-state index contributed by atoms with van der Waals surface area (Å²) in [5, 5.41) is 3.54. The highest BCUT2D eigenvalue weighted by molar-refractivity contribution is 6.30. The SMILES string of the molecule is COc1ccc(NC(=O)[C@@H]2CC[C@@H](c3ccccc3)N(C(=O)c3ccc(Cl)cc3)C2)c(OC)c1. The van der Waals surface area contributed by atoms with Crippen molar-refractivity contribution >= 4 is 29.1 Å². The molecule has 1 fully saturated rings. The average Bonchev–Trinajstić information content (AvgIpc) is 2.89. The number of carbonyl (C=O) groups excluding carboxylic acids is 2. The second-order valence-electron chi connectivity index (χ2n) is 8.22. The van der Waals surface area contributed by atoms with Gasteiger partial charge >= 0.3 is 0 Å². The molecule has 1 heterocycles. The Bertz CT molecular complexity index is 1150. The molecule has 2 atom stereocenters. The van der Waals surface area contributed by atoms with Crippen molar-refractivity contribution in [2.75, 3.05) is 26.1 Å². The molecule has 0 spiro atoms. The van der Waals surface area contributed by atoms with Gasteiger partial charge in [0.2, 0.25) is 5.91 Å². The number of anilines is 1. The zero-order valence-corrected chi connectivity index (χ0v) is 19.9. The Morgan fingerprint density at radius 1 is 0.941 bits per heavy atom. The number of methoxy groups -OCH3 is 2. The number of nitrogens with one attached hydrogen (secondary N) is 1. The van der Waals surface area contributed by atoms with Crippen LogP contribution in [0.3, 0.4) is 0 Å². The zero-order valence-electron chi connectivity index (χ0n) is 19.2. The van der Waals surface area contributed by atoms with Crippen LogP contribution >= 0.6 is 11.6 Å². The number of benzene rings is 3. The third-order valence-corrected chi connectivity index (χ3v) is 6.41. The van der Waals surface area contributed by atoms with Gasteiger partial charge in [0.05, 0.1) is 31.9 Å². The summed E-state index contributed by atoms with van der Waals surface area (Å²) >= 11 is 6.02. The van der Waals surface area contributed by atoms with Crippen molar-refractivity contribution in [3.8, 4) is 11.5 Å². The first-order valence-electron chi connectivity index (χ1n) is 11.1. The minimum absolute atomic E-state index is 0.107. The molecule has 6 nitrogen and oxygen atoms in total. The maximum absolute atomic E-state index is 13.5. The summed E-state index contributed by atoms with van der Waals surface area (Å²) in [5.41, 5.74) is 2.16. The molecule has 0 unspecified atom stereocenters. The molecular formula is C27H27ClN2O4. The molecule has 2 amide bonds. The van der Waals surface area contributed by atoms with Crippen LogP contribution in [0.25, 0.3) is 0 Å². The van der Waals surface area contributed by atoms with Crippen molar-refractivity contribution in [2.45, 2.75) is 18.9 Å². The van der Waals surface area contributed by atoms with E-state index in [0.29, 0.717) is 47.2 Å². The summed E-state index contributed by atoms with van der Waals surface area (Å²) < 4.78 is 10.6. The number of halogens is 1. The van der Waals surface area contributed by atoms with Gasteiger partial charge in [-0.25, -0.2) is 0 Å². The summed E-state index contributed by atoms with van der Waals surface area (Å²) in [6.45, 7) is 0.311. The molecule has 3 aromatic rings. The van der Waals surface area contributed by atoms with Gasteiger partial charge in [-0.2, -0.15) is 0 Å². The van der Waals surface area contributed by atoms with E-state index in [0.717, 1.165) is 5.56 Å². The molecule has 1 aliphatic heterocycles. The Hall–Kier alpha value is -3.51. The smallest absolute Gasteiger partial charge is 0.254 e. The molecular weight excluding hydrogens is 452 g/mol. The van der Waals surface area contributed by atoms with Crippen molar-refractivity contribution < 1.29 is 19.1 Å². The largest absolute Gasteiger partial charge is 0.497 e. The Labute approximate surface area is 204 Å². The van der Waals surface area contributed by atoms with Gasteiger partial charge in [0, 0.05) is 23.2 Å². The summed E-state index contributed by atoms with van der Waals surface area (Å²) in [6, 6.07) is 21.9. The Morgan fingerprint density at radius 2 is 1.68 bits per heavy atom. The van der Waals surface area contributed by atoms with E-state index in [1.165, 1.54) is 0 Å². The van der Waals surface area contributed by atoms with E-state index in [4.69, 9.17) is 21.1 Å². The highest BCUT2D eigenvalue weighted by atomic mass is 35.5. The van der Waals surface area contributed by atoms with Gasteiger partial charge in [-0.3, -0.25) is 9.59 Å². The molecule has 1 saturated heterocycles. The maximum atomic E-state index is 13.5. The van der Waals surface area contributed by atoms with Crippen LogP contribution in [0.15, 0.2) is 72.8 Å². The number of carbonyl (C=O) groups is 2. The molecule has 0 saturated carbocycles. The van der Waals surface area contributed by atoms with Crippen LogP contribution in [0.4, 0.5) is 5.69 Å². The molecule has 1 aliphatic rings. The average molecular weight is 479 g/mol. The lowest BCUT2D eigenvalue weighted by Gasteiger charge is -2.39. The van der Waals surface area contributed by atoms with Gasteiger partial charge in [0.15, 0.2) is 0 Å². The third-order valence-electron chi connectivity index (χ3n) is 6.16. The summed E-state index contributed by atoms with van der Waals surface area (Å²) in [4.78, 5) is 28.5. The number of amides is 2. The molecule has 0 radical (unpaired) electrons. The highest BCUT2D eigenvalue weighted by Gasteiger charge is 2.36. The van der Waals surface area contributed by atoms with E-state index in [2.05, 4.69) is 5.32 Å². The predicted molar refractivity (Wildman–Crippen MR) is 133 cm³/mol. The van der Waals surface area contributed by atoms with E-state index in [1.54, 1.807) is 61.6 Å². The molecule has 176 valence electrons. The second-order valence-corrected chi connectivity index (χ2v) is 8.66. The molecule has 1 N–H and O–H groups in total. The first-order chi connectivity index (χ1) is 16.5. The lowest BCUT2D eigenvalue weighted by molar-refractivity contribution is -0.121. The van der Waals surface area contributed by atoms with Crippen LogP contribution in [0.1, 0.15) is 34.8 Å². The number of piperidine rings is 1. The summed E-state index contributed by atoms with van der Waals surface area (Å²) in [7, 11) is 3.12. The minimum Gasteiger partial charge on any atom is -0.497 e. The normalized spacial score (nSPS) is 17.7. The van der Waals surface area contributed by atoms with E-state index >= 15 is 0 Å². The first kappa shape index (κ1) is 23.6. The predicted octanol–water partition coefficient (Wildman–Crippen LogP) is 5.59. The van der Waals surface area contributed by atoms with Gasteiger partial charge in [-0.1, -0.05) is 41.9 Å². The molecule has 0 bridgehead atoms. The quantitative estimate of drug-likeness (QED) is 0.501. The molecule has 7 heteroatoms. The fraction of sp³-hybridized carbons (Fsp3) is 0.259. The fourth-order valence-electron chi connectivity index (χ4n) is 4.33. The Balaban J connectivity index is 1.57. The lowest BCUT2D eigenvalue weighted by Crippen LogP contribution is -2.45. The van der Waals surface area contributed by atoms with Crippen molar-refractivity contribution in [2.24, 2.45) is 5.92 Å². The van der Waals surface area contributed by atoms with Crippen LogP contribution in [0.5, 0.6) is 11.5 Å². The molecule has 3 aromatic carbocycles. The Kier molecular flexibility index (Phi) is 7.38. The number of ether oxygens (including phenoxy) is 2. The van der Waals surface area contributed by atoms with Gasteiger partial charge in [-0.05, 0) is 54.8 Å². The maximum Gasteiger partial charge on any atom is 0.254 e. The van der Waals surface area contributed by atoms with Crippen LogP contribution < -0.4 is 14.8 Å². The number of nitrogens with zero attached hydrogens (tertiary/aromatic N) is 1. The fourth-order valence-corrected chi connectivity index (χ4v) is 4.45. The van der Waals surface area contributed by atoms with Crippen LogP contribution in [-0.4, -0.2) is 37.5 Å². The van der Waals surface area contributed by atoms with Crippen LogP contribution in [0.2, 0.25) is 5.02 Å². The topological polar surface area (TPSA) is 67.9 Å². The van der Waals surface area contributed by atoms with Gasteiger partial charge in [0.1, 0.15) is 11.5 Å². The first-order valence-corrected chi connectivity index (χ1v) is 11.5. The van der Waals surface area contributed by atoms with Crippen molar-refractivity contribution in [1.82, 2.24) is 4.90 Å². The third kappa shape index (κ3) is 5.18. The van der Waals surface area contributed by atoms with Gasteiger partial charge in [-0.15, -0.1) is 0 Å². The molecule has 34 heavy (non-hydrogen) atoms. The second kappa shape index (κ2) is 10.6. The van der Waals surface area contributed by atoms with Crippen molar-refractivity contribution in [3.63, 3.8) is 0 Å².